The van der Waals surface area contributed by atoms with Crippen molar-refractivity contribution in [3.05, 3.63) is 23.7 Å². The van der Waals surface area contributed by atoms with E-state index in [9.17, 15) is 4.79 Å². The molecule has 0 aliphatic carbocycles. The predicted octanol–water partition coefficient (Wildman–Crippen LogP) is 0.145. The lowest BCUT2D eigenvalue weighted by Crippen LogP contribution is -2.49. The summed E-state index contributed by atoms with van der Waals surface area (Å²) >= 11 is 1.54. The number of hydrogen-bond donors (Lipinski definition) is 2. The number of nitrogen functional groups attached to an aromatic ring is 1. The van der Waals surface area contributed by atoms with Gasteiger partial charge in [0.1, 0.15) is 0 Å². The zero-order valence-corrected chi connectivity index (χ0v) is 12.4. The van der Waals surface area contributed by atoms with Gasteiger partial charge in [0, 0.05) is 50.3 Å². The number of nitrogens with two attached hydrogens (primary N) is 1. The minimum absolute atomic E-state index is 0.0635. The van der Waals surface area contributed by atoms with Crippen molar-refractivity contribution in [1.82, 2.24) is 20.1 Å². The van der Waals surface area contributed by atoms with Crippen LogP contribution in [-0.4, -0.2) is 60.0 Å². The molecule has 3 N–H and O–H groups in total. The van der Waals surface area contributed by atoms with Crippen LogP contribution in [0.4, 0.5) is 5.13 Å². The van der Waals surface area contributed by atoms with Gasteiger partial charge < -0.3 is 11.1 Å². The van der Waals surface area contributed by atoms with Gasteiger partial charge in [-0.15, -0.1) is 17.9 Å². The molecule has 0 radical (unpaired) electrons. The van der Waals surface area contributed by atoms with Gasteiger partial charge in [-0.25, -0.2) is 4.98 Å². The Morgan fingerprint density at radius 1 is 1.45 bits per heavy atom. The maximum atomic E-state index is 11.6. The Balaban J connectivity index is 1.69. The molecular formula is C13H21N5OS. The second kappa shape index (κ2) is 7.37. The molecule has 7 heteroatoms. The molecule has 1 saturated heterocycles. The summed E-state index contributed by atoms with van der Waals surface area (Å²) in [5.41, 5.74) is 5.63. The van der Waals surface area contributed by atoms with E-state index in [2.05, 4.69) is 26.7 Å². The summed E-state index contributed by atoms with van der Waals surface area (Å²) < 4.78 is 0. The second-order valence-electron chi connectivity index (χ2n) is 4.81. The second-order valence-corrected chi connectivity index (χ2v) is 5.96. The van der Waals surface area contributed by atoms with E-state index in [1.807, 2.05) is 6.20 Å². The normalized spacial score (nSPS) is 17.0. The van der Waals surface area contributed by atoms with E-state index in [4.69, 9.17) is 5.73 Å². The van der Waals surface area contributed by atoms with Crippen molar-refractivity contribution in [2.24, 2.45) is 0 Å². The summed E-state index contributed by atoms with van der Waals surface area (Å²) in [6.45, 7) is 9.23. The standard InChI is InChI=1S/C13H21N5OS/c1-2-3-15-12(19)10-18-6-4-17(5-7-18)9-11-8-16-13(14)20-11/h2,8H,1,3-7,9-10H2,(H2,14,16)(H,15,19). The van der Waals surface area contributed by atoms with Gasteiger partial charge in [-0.3, -0.25) is 14.6 Å². The van der Waals surface area contributed by atoms with E-state index in [0.29, 0.717) is 18.2 Å². The fraction of sp³-hybridized carbons (Fsp3) is 0.538. The van der Waals surface area contributed by atoms with Crippen molar-refractivity contribution in [1.29, 1.82) is 0 Å². The third kappa shape index (κ3) is 4.59. The summed E-state index contributed by atoms with van der Waals surface area (Å²) in [7, 11) is 0. The number of carbonyl (C=O) groups excluding carboxylic acids is 1. The Morgan fingerprint density at radius 3 is 2.75 bits per heavy atom. The quantitative estimate of drug-likeness (QED) is 0.731. The Labute approximate surface area is 123 Å². The molecule has 6 nitrogen and oxygen atoms in total. The summed E-state index contributed by atoms with van der Waals surface area (Å²) in [6.07, 6.45) is 3.53. The largest absolute Gasteiger partial charge is 0.375 e. The molecule has 1 aliphatic heterocycles. The Morgan fingerprint density at radius 2 is 2.15 bits per heavy atom. The number of aromatic nitrogens is 1. The summed E-state index contributed by atoms with van der Waals surface area (Å²) in [5, 5.41) is 3.42. The number of hydrogen-bond acceptors (Lipinski definition) is 6. The molecule has 1 aromatic heterocycles. The van der Waals surface area contributed by atoms with Crippen LogP contribution < -0.4 is 11.1 Å². The van der Waals surface area contributed by atoms with Crippen molar-refractivity contribution in [2.75, 3.05) is 45.0 Å². The van der Waals surface area contributed by atoms with Crippen molar-refractivity contribution >= 4 is 22.4 Å². The first-order valence-electron chi connectivity index (χ1n) is 6.70. The molecule has 0 aromatic carbocycles. The number of amides is 1. The Hall–Kier alpha value is -1.44. The molecular weight excluding hydrogens is 274 g/mol. The van der Waals surface area contributed by atoms with E-state index < -0.39 is 0 Å². The molecule has 0 saturated carbocycles. The predicted molar refractivity (Wildman–Crippen MR) is 81.5 cm³/mol. The van der Waals surface area contributed by atoms with E-state index in [1.54, 1.807) is 6.08 Å². The first-order chi connectivity index (χ1) is 9.67. The van der Waals surface area contributed by atoms with Crippen LogP contribution in [0.2, 0.25) is 0 Å². The lowest BCUT2D eigenvalue weighted by atomic mass is 10.3. The van der Waals surface area contributed by atoms with Gasteiger partial charge in [0.2, 0.25) is 5.91 Å². The summed E-state index contributed by atoms with van der Waals surface area (Å²) in [5.74, 6) is 0.0635. The third-order valence-corrected chi connectivity index (χ3v) is 4.04. The molecule has 0 bridgehead atoms. The smallest absolute Gasteiger partial charge is 0.234 e. The van der Waals surface area contributed by atoms with Gasteiger partial charge in [-0.05, 0) is 0 Å². The fourth-order valence-electron chi connectivity index (χ4n) is 2.17. The molecule has 110 valence electrons. The molecule has 20 heavy (non-hydrogen) atoms. The van der Waals surface area contributed by atoms with E-state index in [0.717, 1.165) is 32.7 Å². The van der Waals surface area contributed by atoms with Crippen molar-refractivity contribution in [3.63, 3.8) is 0 Å². The van der Waals surface area contributed by atoms with Gasteiger partial charge in [-0.1, -0.05) is 6.08 Å². The Kier molecular flexibility index (Phi) is 5.51. The van der Waals surface area contributed by atoms with Gasteiger partial charge >= 0.3 is 0 Å². The lowest BCUT2D eigenvalue weighted by molar-refractivity contribution is -0.122. The lowest BCUT2D eigenvalue weighted by Gasteiger charge is -2.33. The van der Waals surface area contributed by atoms with Crippen LogP contribution in [-0.2, 0) is 11.3 Å². The molecule has 1 aromatic rings. The summed E-state index contributed by atoms with van der Waals surface area (Å²) in [4.78, 5) is 21.4. The summed E-state index contributed by atoms with van der Waals surface area (Å²) in [6, 6.07) is 0. The average Bonchev–Trinajstić information content (AvgIpc) is 2.84. The number of piperazine rings is 1. The third-order valence-electron chi connectivity index (χ3n) is 3.23. The number of rotatable bonds is 6. The average molecular weight is 295 g/mol. The molecule has 2 heterocycles. The first kappa shape index (κ1) is 15.0. The SMILES string of the molecule is C=CCNC(=O)CN1CCN(Cc2cnc(N)s2)CC1. The van der Waals surface area contributed by atoms with Crippen LogP contribution in [0.25, 0.3) is 0 Å². The fourth-order valence-corrected chi connectivity index (χ4v) is 2.89. The van der Waals surface area contributed by atoms with Crippen LogP contribution in [0, 0.1) is 0 Å². The van der Waals surface area contributed by atoms with Crippen molar-refractivity contribution in [3.8, 4) is 0 Å². The minimum atomic E-state index is 0.0635. The van der Waals surface area contributed by atoms with E-state index in [-0.39, 0.29) is 5.91 Å². The first-order valence-corrected chi connectivity index (χ1v) is 7.51. The number of thiazole rings is 1. The minimum Gasteiger partial charge on any atom is -0.375 e. The molecule has 1 amide bonds. The van der Waals surface area contributed by atoms with Crippen LogP contribution >= 0.6 is 11.3 Å². The molecule has 0 atom stereocenters. The van der Waals surface area contributed by atoms with Gasteiger partial charge in [0.25, 0.3) is 0 Å². The zero-order valence-electron chi connectivity index (χ0n) is 11.5. The molecule has 1 fully saturated rings. The van der Waals surface area contributed by atoms with Gasteiger partial charge in [0.05, 0.1) is 6.54 Å². The highest BCUT2D eigenvalue weighted by Crippen LogP contribution is 2.17. The van der Waals surface area contributed by atoms with Crippen LogP contribution in [0.3, 0.4) is 0 Å². The maximum Gasteiger partial charge on any atom is 0.234 e. The number of nitrogens with zero attached hydrogens (tertiary/aromatic N) is 3. The van der Waals surface area contributed by atoms with E-state index in [1.165, 1.54) is 16.2 Å². The topological polar surface area (TPSA) is 74.5 Å². The monoisotopic (exact) mass is 295 g/mol. The molecule has 0 unspecified atom stereocenters. The molecule has 0 spiro atoms. The highest BCUT2D eigenvalue weighted by molar-refractivity contribution is 7.15. The highest BCUT2D eigenvalue weighted by Gasteiger charge is 2.19. The highest BCUT2D eigenvalue weighted by atomic mass is 32.1. The number of carbonyl (C=O) groups is 1. The van der Waals surface area contributed by atoms with Crippen LogP contribution in [0.1, 0.15) is 4.88 Å². The molecule has 2 rings (SSSR count). The van der Waals surface area contributed by atoms with Crippen LogP contribution in [0.5, 0.6) is 0 Å². The van der Waals surface area contributed by atoms with E-state index >= 15 is 0 Å². The van der Waals surface area contributed by atoms with Gasteiger partial charge in [0.15, 0.2) is 5.13 Å². The number of anilines is 1. The number of nitrogens with one attached hydrogen (secondary N) is 1. The zero-order chi connectivity index (χ0) is 14.4. The van der Waals surface area contributed by atoms with Crippen molar-refractivity contribution < 1.29 is 4.79 Å². The van der Waals surface area contributed by atoms with Gasteiger partial charge in [-0.2, -0.15) is 0 Å². The van der Waals surface area contributed by atoms with Crippen LogP contribution in [0.15, 0.2) is 18.9 Å². The van der Waals surface area contributed by atoms with Crippen molar-refractivity contribution in [2.45, 2.75) is 6.54 Å². The molecule has 1 aliphatic rings. The maximum absolute atomic E-state index is 11.6. The Bertz CT molecular complexity index is 453.